The van der Waals surface area contributed by atoms with Crippen LogP contribution in [0.25, 0.3) is 0 Å². The number of nitrogens with two attached hydrogens (primary N) is 2. The molecular weight excluding hydrogens is 167 g/mol. The van der Waals surface area contributed by atoms with Gasteiger partial charge in [-0.25, -0.2) is 0 Å². The zero-order chi connectivity index (χ0) is 5.86. The number of hydrogen-bond acceptors (Lipinski definition) is 4. The quantitative estimate of drug-likeness (QED) is 0.385. The minimum atomic E-state index is -1.20. The summed E-state index contributed by atoms with van der Waals surface area (Å²) in [6.45, 7) is -0.00231. The monoisotopic (exact) mass is 178 g/mol. The van der Waals surface area contributed by atoms with E-state index < -0.39 is 12.3 Å². The van der Waals surface area contributed by atoms with Crippen molar-refractivity contribution in [2.75, 3.05) is 6.54 Å². The van der Waals surface area contributed by atoms with Gasteiger partial charge in [0.2, 0.25) is 0 Å². The van der Waals surface area contributed by atoms with Crippen molar-refractivity contribution in [3.8, 4) is 0 Å². The maximum Gasteiger partial charge on any atom is 0.129 e. The zero-order valence-corrected chi connectivity index (χ0v) is 6.36. The van der Waals surface area contributed by atoms with Crippen LogP contribution in [0.4, 0.5) is 0 Å². The summed E-state index contributed by atoms with van der Waals surface area (Å²) in [6.07, 6.45) is -2.19. The molecule has 9 heavy (non-hydrogen) atoms. The molecule has 2 unspecified atom stereocenters. The van der Waals surface area contributed by atoms with E-state index in [0.717, 1.165) is 0 Å². The minimum Gasteiger partial charge on any atom is -0.388 e. The molecule has 2 atom stereocenters. The molecule has 0 aromatic heterocycles. The van der Waals surface area contributed by atoms with Crippen LogP contribution in [-0.4, -0.2) is 29.1 Å². The highest BCUT2D eigenvalue weighted by atomic mass is 35.5. The first kappa shape index (κ1) is 16.2. The molecule has 0 spiro atoms. The molecule has 0 radical (unpaired) electrons. The Hall–Kier alpha value is 0.420. The molecule has 0 aliphatic carbocycles. The van der Waals surface area contributed by atoms with Crippen LogP contribution >= 0.6 is 24.8 Å². The highest BCUT2D eigenvalue weighted by molar-refractivity contribution is 5.85. The molecule has 0 rings (SSSR count). The first-order valence-electron chi connectivity index (χ1n) is 2.00. The molecule has 60 valence electrons. The van der Waals surface area contributed by atoms with Gasteiger partial charge >= 0.3 is 0 Å². The summed E-state index contributed by atoms with van der Waals surface area (Å²) in [5, 5.41) is 16.7. The molecule has 0 aliphatic heterocycles. The summed E-state index contributed by atoms with van der Waals surface area (Å²) >= 11 is 0. The summed E-state index contributed by atoms with van der Waals surface area (Å²) in [5.74, 6) is 0. The first-order chi connectivity index (χ1) is 3.18. The lowest BCUT2D eigenvalue weighted by Gasteiger charge is -2.08. The number of aliphatic hydroxyl groups is 2. The van der Waals surface area contributed by atoms with Gasteiger partial charge in [-0.05, 0) is 0 Å². The van der Waals surface area contributed by atoms with E-state index in [1.165, 1.54) is 0 Å². The molecule has 0 aromatic carbocycles. The van der Waals surface area contributed by atoms with Crippen LogP contribution < -0.4 is 11.5 Å². The fraction of sp³-hybridized carbons (Fsp3) is 1.00. The second-order valence-electron chi connectivity index (χ2n) is 1.29. The van der Waals surface area contributed by atoms with Gasteiger partial charge in [0, 0.05) is 6.54 Å². The second-order valence-corrected chi connectivity index (χ2v) is 1.29. The summed E-state index contributed by atoms with van der Waals surface area (Å²) in [6, 6.07) is 0. The van der Waals surface area contributed by atoms with E-state index in [0.29, 0.717) is 0 Å². The van der Waals surface area contributed by atoms with E-state index in [-0.39, 0.29) is 31.4 Å². The molecule has 0 fully saturated rings. The smallest absolute Gasteiger partial charge is 0.129 e. The van der Waals surface area contributed by atoms with Crippen molar-refractivity contribution in [2.45, 2.75) is 12.3 Å². The maximum atomic E-state index is 8.44. The van der Waals surface area contributed by atoms with Crippen molar-refractivity contribution in [3.63, 3.8) is 0 Å². The fourth-order valence-corrected chi connectivity index (χ4v) is 0.139. The van der Waals surface area contributed by atoms with Crippen LogP contribution in [0.3, 0.4) is 0 Å². The average Bonchev–Trinajstić information content (AvgIpc) is 1.65. The van der Waals surface area contributed by atoms with Crippen LogP contribution in [0, 0.1) is 0 Å². The number of aliphatic hydroxyl groups excluding tert-OH is 2. The lowest BCUT2D eigenvalue weighted by molar-refractivity contribution is 0.0297. The third-order valence-corrected chi connectivity index (χ3v) is 0.636. The maximum absolute atomic E-state index is 8.44. The number of hydrogen-bond donors (Lipinski definition) is 4. The van der Waals surface area contributed by atoms with Gasteiger partial charge in [-0.2, -0.15) is 0 Å². The Morgan fingerprint density at radius 3 is 1.56 bits per heavy atom. The van der Waals surface area contributed by atoms with Crippen molar-refractivity contribution >= 4 is 24.8 Å². The van der Waals surface area contributed by atoms with Crippen molar-refractivity contribution in [3.05, 3.63) is 0 Å². The van der Waals surface area contributed by atoms with Crippen LogP contribution in [0.15, 0.2) is 0 Å². The van der Waals surface area contributed by atoms with E-state index in [1.807, 2.05) is 0 Å². The van der Waals surface area contributed by atoms with Gasteiger partial charge in [0.25, 0.3) is 0 Å². The molecular formula is C3H12Cl2N2O2. The van der Waals surface area contributed by atoms with Crippen molar-refractivity contribution in [1.82, 2.24) is 0 Å². The first-order valence-corrected chi connectivity index (χ1v) is 2.00. The third-order valence-electron chi connectivity index (χ3n) is 0.636. The largest absolute Gasteiger partial charge is 0.388 e. The predicted molar refractivity (Wildman–Crippen MR) is 39.8 cm³/mol. The molecule has 6 heteroatoms. The van der Waals surface area contributed by atoms with E-state index in [2.05, 4.69) is 0 Å². The normalized spacial score (nSPS) is 14.7. The van der Waals surface area contributed by atoms with E-state index in [9.17, 15) is 0 Å². The lowest BCUT2D eigenvalue weighted by atomic mass is 10.3. The standard InChI is InChI=1S/C3H10N2O2.2ClH/c4-1-2(6)3(5)7;;/h2-3,6-7H,1,4-5H2;2*1H. The van der Waals surface area contributed by atoms with Crippen LogP contribution in [0.5, 0.6) is 0 Å². The van der Waals surface area contributed by atoms with Crippen molar-refractivity contribution in [2.24, 2.45) is 11.5 Å². The van der Waals surface area contributed by atoms with E-state index in [4.69, 9.17) is 21.7 Å². The van der Waals surface area contributed by atoms with E-state index in [1.54, 1.807) is 0 Å². The summed E-state index contributed by atoms with van der Waals surface area (Å²) in [4.78, 5) is 0. The third kappa shape index (κ3) is 8.42. The summed E-state index contributed by atoms with van der Waals surface area (Å²) in [7, 11) is 0. The van der Waals surface area contributed by atoms with Gasteiger partial charge in [0.1, 0.15) is 12.3 Å². The lowest BCUT2D eigenvalue weighted by Crippen LogP contribution is -2.39. The Bertz CT molecular complexity index is 55.1. The van der Waals surface area contributed by atoms with Crippen molar-refractivity contribution in [1.29, 1.82) is 0 Å². The Morgan fingerprint density at radius 1 is 1.22 bits per heavy atom. The Labute approximate surface area is 66.0 Å². The van der Waals surface area contributed by atoms with Crippen LogP contribution in [0.1, 0.15) is 0 Å². The van der Waals surface area contributed by atoms with Crippen LogP contribution in [0.2, 0.25) is 0 Å². The molecule has 0 aliphatic rings. The molecule has 4 nitrogen and oxygen atoms in total. The molecule has 0 bridgehead atoms. The highest BCUT2D eigenvalue weighted by Gasteiger charge is 2.06. The Kier molecular flexibility index (Phi) is 15.2. The summed E-state index contributed by atoms with van der Waals surface area (Å²) < 4.78 is 0. The van der Waals surface area contributed by atoms with Gasteiger partial charge < -0.3 is 21.7 Å². The topological polar surface area (TPSA) is 92.5 Å². The molecule has 6 N–H and O–H groups in total. The molecule has 0 aromatic rings. The summed E-state index contributed by atoms with van der Waals surface area (Å²) in [5.41, 5.74) is 9.65. The van der Waals surface area contributed by atoms with Crippen molar-refractivity contribution < 1.29 is 10.2 Å². The molecule has 0 saturated carbocycles. The zero-order valence-electron chi connectivity index (χ0n) is 4.73. The van der Waals surface area contributed by atoms with Gasteiger partial charge in [-0.15, -0.1) is 24.8 Å². The van der Waals surface area contributed by atoms with E-state index >= 15 is 0 Å². The number of rotatable bonds is 2. The molecule has 0 amide bonds. The second kappa shape index (κ2) is 8.42. The average molecular weight is 179 g/mol. The predicted octanol–water partition coefficient (Wildman–Crippen LogP) is -1.57. The molecule has 0 saturated heterocycles. The van der Waals surface area contributed by atoms with Gasteiger partial charge in [0.05, 0.1) is 0 Å². The van der Waals surface area contributed by atoms with Gasteiger partial charge in [-0.1, -0.05) is 0 Å². The fourth-order valence-electron chi connectivity index (χ4n) is 0.139. The highest BCUT2D eigenvalue weighted by Crippen LogP contribution is 1.78. The van der Waals surface area contributed by atoms with Crippen LogP contribution in [-0.2, 0) is 0 Å². The van der Waals surface area contributed by atoms with Gasteiger partial charge in [-0.3, -0.25) is 0 Å². The Morgan fingerprint density at radius 2 is 1.56 bits per heavy atom. The van der Waals surface area contributed by atoms with Gasteiger partial charge in [0.15, 0.2) is 0 Å². The molecule has 0 heterocycles. The Balaban J connectivity index is -0.000000180. The SMILES string of the molecule is Cl.Cl.NCC(O)C(N)O. The minimum absolute atomic E-state index is 0. The number of halogens is 2.